The number of aromatic nitrogens is 1. The molecule has 0 bridgehead atoms. The fourth-order valence-corrected chi connectivity index (χ4v) is 3.72. The van der Waals surface area contributed by atoms with Gasteiger partial charge in [0.1, 0.15) is 11.7 Å². The molecule has 3 N–H and O–H groups in total. The first-order valence-electron chi connectivity index (χ1n) is 11.5. The van der Waals surface area contributed by atoms with Gasteiger partial charge in [-0.25, -0.2) is 0 Å². The molecule has 9 nitrogen and oxygen atoms in total. The quantitative estimate of drug-likeness (QED) is 0.304. The maximum atomic E-state index is 13.0. The molecular weight excluding hydrogens is 446 g/mol. The predicted molar refractivity (Wildman–Crippen MR) is 132 cm³/mol. The van der Waals surface area contributed by atoms with Crippen molar-refractivity contribution in [1.82, 2.24) is 15.6 Å². The Balaban J connectivity index is 1.51. The molecule has 9 heteroatoms. The maximum absolute atomic E-state index is 13.0. The average Bonchev–Trinajstić information content (AvgIpc) is 3.68. The van der Waals surface area contributed by atoms with E-state index in [0.717, 1.165) is 24.1 Å². The van der Waals surface area contributed by atoms with Crippen molar-refractivity contribution in [2.75, 3.05) is 5.32 Å². The minimum Gasteiger partial charge on any atom is -0.371 e. The van der Waals surface area contributed by atoms with E-state index in [1.54, 1.807) is 12.3 Å². The van der Waals surface area contributed by atoms with Gasteiger partial charge in [-0.3, -0.25) is 24.7 Å². The number of hydrogen-bond acceptors (Lipinski definition) is 6. The normalized spacial score (nSPS) is 14.4. The molecule has 1 aliphatic carbocycles. The summed E-state index contributed by atoms with van der Waals surface area (Å²) in [5.41, 5.74) is 1.77. The second-order valence-corrected chi connectivity index (χ2v) is 8.61. The highest BCUT2D eigenvalue weighted by molar-refractivity contribution is 5.98. The molecule has 0 saturated heterocycles. The number of amides is 2. The van der Waals surface area contributed by atoms with Crippen LogP contribution >= 0.6 is 0 Å². The van der Waals surface area contributed by atoms with E-state index in [0.29, 0.717) is 6.42 Å². The van der Waals surface area contributed by atoms with E-state index in [9.17, 15) is 19.7 Å². The molecule has 0 radical (unpaired) electrons. The largest absolute Gasteiger partial charge is 0.371 e. The summed E-state index contributed by atoms with van der Waals surface area (Å²) >= 11 is 0. The molecule has 1 heterocycles. The molecule has 2 atom stereocenters. The van der Waals surface area contributed by atoms with Crippen molar-refractivity contribution in [3.63, 3.8) is 0 Å². The zero-order valence-electron chi connectivity index (χ0n) is 19.3. The highest BCUT2D eigenvalue weighted by Crippen LogP contribution is 2.29. The number of hydrogen-bond donors (Lipinski definition) is 3. The minimum atomic E-state index is -0.800. The Morgan fingerprint density at radius 3 is 2.49 bits per heavy atom. The molecule has 0 unspecified atom stereocenters. The lowest BCUT2D eigenvalue weighted by Crippen LogP contribution is -2.48. The number of nitrogens with one attached hydrogen (secondary N) is 3. The van der Waals surface area contributed by atoms with Crippen LogP contribution in [0, 0.1) is 10.1 Å². The number of benzene rings is 2. The van der Waals surface area contributed by atoms with Gasteiger partial charge in [0.25, 0.3) is 11.6 Å². The molecule has 1 aliphatic rings. The second kappa shape index (κ2) is 10.8. The molecule has 1 fully saturated rings. The van der Waals surface area contributed by atoms with Gasteiger partial charge >= 0.3 is 0 Å². The lowest BCUT2D eigenvalue weighted by molar-refractivity contribution is -0.384. The summed E-state index contributed by atoms with van der Waals surface area (Å²) in [6, 6.07) is 18.1. The van der Waals surface area contributed by atoms with Gasteiger partial charge in [-0.1, -0.05) is 36.4 Å². The summed E-state index contributed by atoms with van der Waals surface area (Å²) in [7, 11) is 0. The van der Waals surface area contributed by atoms with Crippen LogP contribution < -0.4 is 16.0 Å². The summed E-state index contributed by atoms with van der Waals surface area (Å²) in [4.78, 5) is 41.3. The van der Waals surface area contributed by atoms with Gasteiger partial charge in [0.2, 0.25) is 5.91 Å². The maximum Gasteiger partial charge on any atom is 0.293 e. The molecule has 2 amide bonds. The number of carbonyl (C=O) groups is 2. The number of rotatable bonds is 10. The first-order valence-corrected chi connectivity index (χ1v) is 11.5. The third-order valence-corrected chi connectivity index (χ3v) is 5.79. The fourth-order valence-electron chi connectivity index (χ4n) is 3.72. The topological polar surface area (TPSA) is 126 Å². The van der Waals surface area contributed by atoms with Crippen LogP contribution in [0.2, 0.25) is 0 Å². The molecule has 1 saturated carbocycles. The highest BCUT2D eigenvalue weighted by atomic mass is 16.6. The first-order chi connectivity index (χ1) is 16.9. The summed E-state index contributed by atoms with van der Waals surface area (Å²) in [6.45, 7) is 1.85. The number of carbonyl (C=O) groups excluding carboxylic acids is 2. The number of pyridine rings is 1. The van der Waals surface area contributed by atoms with Gasteiger partial charge in [-0.2, -0.15) is 0 Å². The molecule has 0 aliphatic heterocycles. The van der Waals surface area contributed by atoms with Crippen molar-refractivity contribution in [1.29, 1.82) is 0 Å². The van der Waals surface area contributed by atoms with Crippen LogP contribution in [0.25, 0.3) is 0 Å². The van der Waals surface area contributed by atoms with Crippen LogP contribution in [0.15, 0.2) is 72.9 Å². The van der Waals surface area contributed by atoms with E-state index in [-0.39, 0.29) is 34.9 Å². The van der Waals surface area contributed by atoms with Gasteiger partial charge in [-0.15, -0.1) is 0 Å². The van der Waals surface area contributed by atoms with Crippen molar-refractivity contribution in [3.05, 3.63) is 99.9 Å². The van der Waals surface area contributed by atoms with Gasteiger partial charge in [-0.05, 0) is 49.6 Å². The van der Waals surface area contributed by atoms with E-state index < -0.39 is 16.9 Å². The lowest BCUT2D eigenvalue weighted by Gasteiger charge is -2.19. The van der Waals surface area contributed by atoms with E-state index in [2.05, 4.69) is 20.9 Å². The van der Waals surface area contributed by atoms with E-state index in [4.69, 9.17) is 0 Å². The lowest BCUT2D eigenvalue weighted by atomic mass is 10.0. The van der Waals surface area contributed by atoms with Crippen molar-refractivity contribution < 1.29 is 14.5 Å². The molecule has 3 aromatic rings. The van der Waals surface area contributed by atoms with Crippen molar-refractivity contribution >= 4 is 23.2 Å². The zero-order chi connectivity index (χ0) is 24.8. The molecule has 1 aromatic heterocycles. The molecule has 4 rings (SSSR count). The average molecular weight is 474 g/mol. The SMILES string of the molecule is C[C@H](Nc1ccc(C(=O)N[C@H](Cc2ccccc2)C(=O)NC2CC2)cc1[N+](=O)[O-])c1ccccn1. The Kier molecular flexibility index (Phi) is 7.35. The standard InChI is InChI=1S/C26H27N5O4/c1-17(21-9-5-6-14-27-21)28-22-13-10-19(16-24(22)31(34)35)25(32)30-23(26(33)29-20-11-12-20)15-18-7-3-2-4-8-18/h2-10,13-14,16-17,20,23,28H,11-12,15H2,1H3,(H,29,33)(H,30,32)/t17-,23+/m0/s1. The van der Waals surface area contributed by atoms with Gasteiger partial charge < -0.3 is 16.0 Å². The van der Waals surface area contributed by atoms with Crippen LogP contribution in [-0.2, 0) is 11.2 Å². The first kappa shape index (κ1) is 23.9. The molecular formula is C26H27N5O4. The van der Waals surface area contributed by atoms with E-state index >= 15 is 0 Å². The Labute approximate surface area is 203 Å². The van der Waals surface area contributed by atoms with E-state index in [1.165, 1.54) is 18.2 Å². The molecule has 0 spiro atoms. The van der Waals surface area contributed by atoms with Gasteiger partial charge in [0, 0.05) is 30.3 Å². The summed E-state index contributed by atoms with van der Waals surface area (Å²) < 4.78 is 0. The van der Waals surface area contributed by atoms with Gasteiger partial charge in [0.05, 0.1) is 16.7 Å². The number of nitrogens with zero attached hydrogens (tertiary/aromatic N) is 2. The van der Waals surface area contributed by atoms with Crippen molar-refractivity contribution in [3.8, 4) is 0 Å². The number of nitro groups is 1. The molecule has 35 heavy (non-hydrogen) atoms. The van der Waals surface area contributed by atoms with Crippen LogP contribution in [0.4, 0.5) is 11.4 Å². The van der Waals surface area contributed by atoms with E-state index in [1.807, 2.05) is 49.4 Å². The van der Waals surface area contributed by atoms with Crippen LogP contribution in [-0.4, -0.2) is 33.8 Å². The summed E-state index contributed by atoms with van der Waals surface area (Å²) in [5, 5.41) is 20.6. The van der Waals surface area contributed by atoms with Crippen molar-refractivity contribution in [2.45, 2.75) is 44.3 Å². The highest BCUT2D eigenvalue weighted by Gasteiger charge is 2.29. The smallest absolute Gasteiger partial charge is 0.293 e. The third-order valence-electron chi connectivity index (χ3n) is 5.79. The second-order valence-electron chi connectivity index (χ2n) is 8.61. The Bertz CT molecular complexity index is 1200. The Morgan fingerprint density at radius 2 is 1.83 bits per heavy atom. The number of anilines is 1. The molecule has 2 aromatic carbocycles. The summed E-state index contributed by atoms with van der Waals surface area (Å²) in [5.74, 6) is -0.814. The Hall–Kier alpha value is -4.27. The zero-order valence-corrected chi connectivity index (χ0v) is 19.3. The van der Waals surface area contributed by atoms with Crippen LogP contribution in [0.3, 0.4) is 0 Å². The molecule has 180 valence electrons. The van der Waals surface area contributed by atoms with Crippen LogP contribution in [0.1, 0.15) is 47.4 Å². The minimum absolute atomic E-state index is 0.102. The van der Waals surface area contributed by atoms with Crippen LogP contribution in [0.5, 0.6) is 0 Å². The number of nitro benzene ring substituents is 1. The predicted octanol–water partition coefficient (Wildman–Crippen LogP) is 3.78. The fraction of sp³-hybridized carbons (Fsp3) is 0.269. The monoisotopic (exact) mass is 473 g/mol. The van der Waals surface area contributed by atoms with Gasteiger partial charge in [0.15, 0.2) is 0 Å². The summed E-state index contributed by atoms with van der Waals surface area (Å²) in [6.07, 6.45) is 3.82. The van der Waals surface area contributed by atoms with Crippen molar-refractivity contribution in [2.24, 2.45) is 0 Å². The third kappa shape index (κ3) is 6.41. The Morgan fingerprint density at radius 1 is 1.09 bits per heavy atom.